The van der Waals surface area contributed by atoms with Gasteiger partial charge in [-0.3, -0.25) is 4.79 Å². The van der Waals surface area contributed by atoms with Gasteiger partial charge in [0.25, 0.3) is 0 Å². The molecule has 0 aliphatic rings. The molecule has 0 saturated carbocycles. The highest BCUT2D eigenvalue weighted by molar-refractivity contribution is 6.06. The van der Waals surface area contributed by atoms with Crippen molar-refractivity contribution in [2.24, 2.45) is 0 Å². The fourth-order valence-electron chi connectivity index (χ4n) is 2.29. The lowest BCUT2D eigenvalue weighted by Crippen LogP contribution is -2.04. The molecular formula is C19H18N3O2+. The molecule has 3 aromatic rings. The van der Waals surface area contributed by atoms with Gasteiger partial charge in [-0.25, -0.2) is 0 Å². The first kappa shape index (κ1) is 15.6. The highest BCUT2D eigenvalue weighted by atomic mass is 16.5. The molecule has 1 aromatic heterocycles. The van der Waals surface area contributed by atoms with Gasteiger partial charge in [0.05, 0.1) is 7.11 Å². The van der Waals surface area contributed by atoms with Gasteiger partial charge in [0, 0.05) is 22.9 Å². The summed E-state index contributed by atoms with van der Waals surface area (Å²) in [5.41, 5.74) is 9.62. The van der Waals surface area contributed by atoms with E-state index in [-0.39, 0.29) is 5.78 Å². The second-order valence-electron chi connectivity index (χ2n) is 5.31. The van der Waals surface area contributed by atoms with Crippen LogP contribution in [-0.2, 0) is 0 Å². The summed E-state index contributed by atoms with van der Waals surface area (Å²) < 4.78 is 5.15. The molecule has 0 aliphatic carbocycles. The molecular weight excluding hydrogens is 302 g/mol. The van der Waals surface area contributed by atoms with Crippen LogP contribution in [0.2, 0.25) is 0 Å². The summed E-state index contributed by atoms with van der Waals surface area (Å²) in [7, 11) is 1.64. The molecule has 4 N–H and O–H groups in total. The molecule has 0 atom stereocenters. The average molecular weight is 320 g/mol. The Morgan fingerprint density at radius 1 is 1.12 bits per heavy atom. The summed E-state index contributed by atoms with van der Waals surface area (Å²) in [6.07, 6.45) is 3.27. The number of nitrogen functional groups attached to an aromatic ring is 1. The molecule has 0 saturated heterocycles. The van der Waals surface area contributed by atoms with Gasteiger partial charge in [-0.2, -0.15) is 5.10 Å². The first-order valence-corrected chi connectivity index (χ1v) is 7.49. The molecule has 0 unspecified atom stereocenters. The minimum atomic E-state index is -0.0735. The molecule has 2 aromatic carbocycles. The number of ether oxygens (including phenoxy) is 1. The Labute approximate surface area is 139 Å². The molecule has 1 heterocycles. The van der Waals surface area contributed by atoms with Crippen LogP contribution in [0.3, 0.4) is 0 Å². The highest BCUT2D eigenvalue weighted by Gasteiger charge is 2.09. The van der Waals surface area contributed by atoms with Gasteiger partial charge in [0.15, 0.2) is 5.78 Å². The van der Waals surface area contributed by atoms with E-state index in [4.69, 9.17) is 10.5 Å². The second kappa shape index (κ2) is 6.83. The number of nitrogens with two attached hydrogens (primary N) is 1. The third kappa shape index (κ3) is 3.52. The number of hydrogen-bond acceptors (Lipinski definition) is 3. The number of rotatable bonds is 5. The van der Waals surface area contributed by atoms with Crippen LogP contribution in [-0.4, -0.2) is 18.0 Å². The van der Waals surface area contributed by atoms with Crippen LogP contribution in [0.25, 0.3) is 17.3 Å². The van der Waals surface area contributed by atoms with E-state index in [0.29, 0.717) is 11.3 Å². The number of anilines is 1. The molecule has 24 heavy (non-hydrogen) atoms. The van der Waals surface area contributed by atoms with Crippen LogP contribution >= 0.6 is 0 Å². The number of H-pyrrole nitrogens is 2. The third-order valence-corrected chi connectivity index (χ3v) is 3.65. The molecule has 0 spiro atoms. The van der Waals surface area contributed by atoms with Crippen LogP contribution in [0.5, 0.6) is 5.75 Å². The van der Waals surface area contributed by atoms with Crippen molar-refractivity contribution < 1.29 is 14.6 Å². The molecule has 0 fully saturated rings. The van der Waals surface area contributed by atoms with E-state index in [1.54, 1.807) is 37.5 Å². The molecule has 0 amide bonds. The maximum Gasteiger partial charge on any atom is 0.236 e. The topological polar surface area (TPSA) is 82.2 Å². The average Bonchev–Trinajstić information content (AvgIpc) is 3.09. The van der Waals surface area contributed by atoms with E-state index < -0.39 is 0 Å². The number of aromatic nitrogens is 2. The van der Waals surface area contributed by atoms with Crippen molar-refractivity contribution >= 4 is 17.5 Å². The zero-order valence-corrected chi connectivity index (χ0v) is 13.2. The molecule has 0 radical (unpaired) electrons. The summed E-state index contributed by atoms with van der Waals surface area (Å²) >= 11 is 0. The summed E-state index contributed by atoms with van der Waals surface area (Å²) in [6.45, 7) is 0. The van der Waals surface area contributed by atoms with E-state index in [0.717, 1.165) is 22.7 Å². The van der Waals surface area contributed by atoms with Crippen molar-refractivity contribution in [2.75, 3.05) is 12.8 Å². The SMILES string of the molecule is COc1ccc(-c2cc(C=CC(=O)c3ccc(N)cc3)[nH][nH+]2)cc1. The monoisotopic (exact) mass is 320 g/mol. The lowest BCUT2D eigenvalue weighted by molar-refractivity contribution is -0.437. The zero-order chi connectivity index (χ0) is 16.9. The number of methoxy groups -OCH3 is 1. The maximum atomic E-state index is 12.1. The number of hydrogen-bond donors (Lipinski definition) is 2. The Hall–Kier alpha value is -3.34. The Morgan fingerprint density at radius 3 is 2.50 bits per heavy atom. The Kier molecular flexibility index (Phi) is 4.43. The van der Waals surface area contributed by atoms with Crippen LogP contribution in [0.4, 0.5) is 5.69 Å². The first-order chi connectivity index (χ1) is 11.7. The molecule has 5 heteroatoms. The van der Waals surface area contributed by atoms with Gasteiger partial charge in [0.2, 0.25) is 5.69 Å². The summed E-state index contributed by atoms with van der Waals surface area (Å²) in [5, 5.41) is 6.12. The lowest BCUT2D eigenvalue weighted by Gasteiger charge is -1.97. The van der Waals surface area contributed by atoms with Crippen molar-refractivity contribution in [1.29, 1.82) is 0 Å². The number of benzene rings is 2. The second-order valence-corrected chi connectivity index (χ2v) is 5.31. The van der Waals surface area contributed by atoms with E-state index in [2.05, 4.69) is 10.2 Å². The van der Waals surface area contributed by atoms with Gasteiger partial charge in [-0.15, -0.1) is 5.10 Å². The minimum absolute atomic E-state index is 0.0735. The summed E-state index contributed by atoms with van der Waals surface area (Å²) in [4.78, 5) is 12.1. The number of carbonyl (C=O) groups is 1. The van der Waals surface area contributed by atoms with E-state index >= 15 is 0 Å². The number of nitrogens with one attached hydrogen (secondary N) is 2. The molecule has 120 valence electrons. The fraction of sp³-hybridized carbons (Fsp3) is 0.0526. The standard InChI is InChI=1S/C19H17N3O2/c1-24-17-9-4-13(5-10-17)18-12-16(21-22-18)8-11-19(23)14-2-6-15(20)7-3-14/h2-12H,20H2,1H3,(H,21,22)/p+1. The van der Waals surface area contributed by atoms with Gasteiger partial charge in [0.1, 0.15) is 11.4 Å². The van der Waals surface area contributed by atoms with Gasteiger partial charge >= 0.3 is 0 Å². The van der Waals surface area contributed by atoms with Gasteiger partial charge < -0.3 is 10.5 Å². The maximum absolute atomic E-state index is 12.1. The van der Waals surface area contributed by atoms with E-state index in [9.17, 15) is 4.79 Å². The molecule has 0 aliphatic heterocycles. The van der Waals surface area contributed by atoms with Crippen LogP contribution in [0, 0.1) is 0 Å². The Balaban J connectivity index is 1.73. The fourth-order valence-corrected chi connectivity index (χ4v) is 2.29. The largest absolute Gasteiger partial charge is 0.497 e. The zero-order valence-electron chi connectivity index (χ0n) is 13.2. The van der Waals surface area contributed by atoms with Gasteiger partial charge in [-0.05, 0) is 60.7 Å². The van der Waals surface area contributed by atoms with Crippen molar-refractivity contribution in [1.82, 2.24) is 5.10 Å². The normalized spacial score (nSPS) is 10.9. The van der Waals surface area contributed by atoms with Crippen LogP contribution < -0.4 is 15.6 Å². The van der Waals surface area contributed by atoms with Crippen molar-refractivity contribution in [3.63, 3.8) is 0 Å². The molecule has 0 bridgehead atoms. The van der Waals surface area contributed by atoms with Crippen LogP contribution in [0.1, 0.15) is 16.1 Å². The number of aromatic amines is 2. The lowest BCUT2D eigenvalue weighted by atomic mass is 10.1. The predicted octanol–water partition coefficient (Wildman–Crippen LogP) is 2.98. The first-order valence-electron chi connectivity index (χ1n) is 7.49. The smallest absolute Gasteiger partial charge is 0.236 e. The number of carbonyl (C=O) groups excluding carboxylic acids is 1. The third-order valence-electron chi connectivity index (χ3n) is 3.65. The minimum Gasteiger partial charge on any atom is -0.497 e. The van der Waals surface area contributed by atoms with Crippen molar-refractivity contribution in [3.05, 3.63) is 71.9 Å². The Bertz CT molecular complexity index is 862. The molecule has 3 rings (SSSR count). The van der Waals surface area contributed by atoms with E-state index in [1.807, 2.05) is 30.3 Å². The van der Waals surface area contributed by atoms with Crippen LogP contribution in [0.15, 0.2) is 60.7 Å². The van der Waals surface area contributed by atoms with E-state index in [1.165, 1.54) is 6.08 Å². The number of allylic oxidation sites excluding steroid dienone is 1. The predicted molar refractivity (Wildman–Crippen MR) is 93.6 cm³/mol. The van der Waals surface area contributed by atoms with Gasteiger partial charge in [-0.1, -0.05) is 0 Å². The summed E-state index contributed by atoms with van der Waals surface area (Å²) in [5.74, 6) is 0.735. The van der Waals surface area contributed by atoms with Crippen molar-refractivity contribution in [2.45, 2.75) is 0 Å². The Morgan fingerprint density at radius 2 is 1.83 bits per heavy atom. The number of ketones is 1. The van der Waals surface area contributed by atoms with Crippen molar-refractivity contribution in [3.8, 4) is 17.0 Å². The molecule has 5 nitrogen and oxygen atoms in total. The summed E-state index contributed by atoms with van der Waals surface area (Å²) in [6, 6.07) is 16.5. The quantitative estimate of drug-likeness (QED) is 0.431. The highest BCUT2D eigenvalue weighted by Crippen LogP contribution is 2.19.